The van der Waals surface area contributed by atoms with Gasteiger partial charge in [-0.25, -0.2) is 9.97 Å². The molecule has 0 aliphatic rings. The molecule has 88 valence electrons. The molecule has 0 N–H and O–H groups in total. The van der Waals surface area contributed by atoms with E-state index < -0.39 is 11.4 Å². The van der Waals surface area contributed by atoms with E-state index in [2.05, 4.69) is 30.3 Å². The minimum Gasteiger partial charge on any atom is -0.591 e. The second kappa shape index (κ2) is 5.25. The molecule has 0 amide bonds. The van der Waals surface area contributed by atoms with Gasteiger partial charge in [-0.1, -0.05) is 4.40 Å². The predicted octanol–water partition coefficient (Wildman–Crippen LogP) is 2.51. The molecule has 0 fully saturated rings. The smallest absolute Gasteiger partial charge is 0.178 e. The number of hydrogen-bond donors (Lipinski definition) is 0. The number of hydrogen-bond acceptors (Lipinski definition) is 4. The Kier molecular flexibility index (Phi) is 4.46. The maximum Gasteiger partial charge on any atom is 0.178 e. The second-order valence-electron chi connectivity index (χ2n) is 4.26. The molecule has 1 rings (SSSR count). The normalized spacial score (nSPS) is 15.0. The summed E-state index contributed by atoms with van der Waals surface area (Å²) >= 11 is 1.98. The first-order valence-electron chi connectivity index (χ1n) is 4.76. The number of rotatable bonds is 2. The van der Waals surface area contributed by atoms with Crippen LogP contribution in [0.2, 0.25) is 0 Å². The summed E-state index contributed by atoms with van der Waals surface area (Å²) in [5, 5.41) is 0. The molecule has 0 saturated carbocycles. The van der Waals surface area contributed by atoms with E-state index in [1.54, 1.807) is 19.3 Å². The maximum absolute atomic E-state index is 11.8. The van der Waals surface area contributed by atoms with E-state index in [9.17, 15) is 4.55 Å². The molecule has 6 heteroatoms. The van der Waals surface area contributed by atoms with Crippen LogP contribution in [-0.4, -0.2) is 25.0 Å². The molecule has 1 aromatic rings. The molecule has 1 atom stereocenters. The average Bonchev–Trinajstić information content (AvgIpc) is 2.17. The van der Waals surface area contributed by atoms with Crippen molar-refractivity contribution in [3.63, 3.8) is 0 Å². The topological polar surface area (TPSA) is 61.2 Å². The fourth-order valence-electron chi connectivity index (χ4n) is 0.801. The standard InChI is InChI=1S/C10H14BrN3OS/c1-7(14-16(15)10(2,3)4)9-12-5-8(11)6-13-9/h5-6H,1-4H3. The Balaban J connectivity index is 2.89. The predicted molar refractivity (Wildman–Crippen MR) is 69.8 cm³/mol. The van der Waals surface area contributed by atoms with Gasteiger partial charge in [0, 0.05) is 12.4 Å². The van der Waals surface area contributed by atoms with Gasteiger partial charge in [0.25, 0.3) is 0 Å². The Morgan fingerprint density at radius 3 is 2.31 bits per heavy atom. The van der Waals surface area contributed by atoms with Gasteiger partial charge in [0.15, 0.2) is 5.82 Å². The van der Waals surface area contributed by atoms with Gasteiger partial charge in [0.1, 0.15) is 21.8 Å². The van der Waals surface area contributed by atoms with Crippen LogP contribution in [0.5, 0.6) is 0 Å². The third-order valence-electron chi connectivity index (χ3n) is 1.69. The lowest BCUT2D eigenvalue weighted by Gasteiger charge is -2.18. The fourth-order valence-corrected chi connectivity index (χ4v) is 1.61. The van der Waals surface area contributed by atoms with Gasteiger partial charge >= 0.3 is 0 Å². The van der Waals surface area contributed by atoms with Crippen LogP contribution in [0.15, 0.2) is 21.3 Å². The van der Waals surface area contributed by atoms with Crippen molar-refractivity contribution in [2.24, 2.45) is 4.40 Å². The summed E-state index contributed by atoms with van der Waals surface area (Å²) < 4.78 is 16.3. The van der Waals surface area contributed by atoms with Gasteiger partial charge < -0.3 is 4.55 Å². The van der Waals surface area contributed by atoms with Crippen molar-refractivity contribution >= 4 is 33.0 Å². The van der Waals surface area contributed by atoms with Crippen LogP contribution < -0.4 is 0 Å². The molecule has 0 aliphatic carbocycles. The molecule has 0 radical (unpaired) electrons. The van der Waals surface area contributed by atoms with Crippen molar-refractivity contribution < 1.29 is 4.55 Å². The van der Waals surface area contributed by atoms with E-state index in [0.29, 0.717) is 11.5 Å². The lowest BCUT2D eigenvalue weighted by Crippen LogP contribution is -2.27. The van der Waals surface area contributed by atoms with Crippen molar-refractivity contribution in [3.8, 4) is 0 Å². The second-order valence-corrected chi connectivity index (χ2v) is 7.08. The number of aromatic nitrogens is 2. The molecule has 0 aliphatic heterocycles. The molecule has 16 heavy (non-hydrogen) atoms. The SMILES string of the molecule is CC(=N[S+]([O-])C(C)(C)C)c1ncc(Br)cn1. The van der Waals surface area contributed by atoms with E-state index in [1.165, 1.54) is 0 Å². The minimum absolute atomic E-state index is 0.364. The zero-order chi connectivity index (χ0) is 12.3. The van der Waals surface area contributed by atoms with E-state index >= 15 is 0 Å². The molecule has 0 saturated heterocycles. The Bertz CT molecular complexity index is 386. The molecule has 4 nitrogen and oxygen atoms in total. The van der Waals surface area contributed by atoms with E-state index in [4.69, 9.17) is 0 Å². The molecule has 0 spiro atoms. The first-order chi connectivity index (χ1) is 7.30. The zero-order valence-corrected chi connectivity index (χ0v) is 12.1. The summed E-state index contributed by atoms with van der Waals surface area (Å²) in [6, 6.07) is 0. The van der Waals surface area contributed by atoms with Gasteiger partial charge in [-0.15, -0.1) is 0 Å². The first-order valence-corrected chi connectivity index (χ1v) is 6.66. The monoisotopic (exact) mass is 303 g/mol. The largest absolute Gasteiger partial charge is 0.591 e. The van der Waals surface area contributed by atoms with Gasteiger partial charge in [-0.05, 0) is 43.6 Å². The van der Waals surface area contributed by atoms with Crippen LogP contribution in [0.25, 0.3) is 0 Å². The van der Waals surface area contributed by atoms with Crippen molar-refractivity contribution in [2.75, 3.05) is 0 Å². The summed E-state index contributed by atoms with van der Waals surface area (Å²) in [5.74, 6) is 0.501. The minimum atomic E-state index is -1.28. The highest BCUT2D eigenvalue weighted by Gasteiger charge is 2.27. The molecule has 1 aromatic heterocycles. The van der Waals surface area contributed by atoms with Gasteiger partial charge in [0.2, 0.25) is 0 Å². The number of nitrogens with zero attached hydrogens (tertiary/aromatic N) is 3. The Morgan fingerprint density at radius 2 is 1.88 bits per heavy atom. The lowest BCUT2D eigenvalue weighted by molar-refractivity contribution is 0.561. The molecule has 0 bridgehead atoms. The van der Waals surface area contributed by atoms with Crippen molar-refractivity contribution in [2.45, 2.75) is 32.4 Å². The van der Waals surface area contributed by atoms with Crippen LogP contribution in [-0.2, 0) is 11.4 Å². The summed E-state index contributed by atoms with van der Waals surface area (Å²) in [4.78, 5) is 8.18. The molecule has 0 aromatic carbocycles. The van der Waals surface area contributed by atoms with E-state index in [1.807, 2.05) is 20.8 Å². The summed E-state index contributed by atoms with van der Waals surface area (Å²) in [5.41, 5.74) is 0.584. The van der Waals surface area contributed by atoms with Crippen LogP contribution in [0, 0.1) is 0 Å². The lowest BCUT2D eigenvalue weighted by atomic mass is 10.3. The van der Waals surface area contributed by atoms with Crippen molar-refractivity contribution in [1.29, 1.82) is 0 Å². The fraction of sp³-hybridized carbons (Fsp3) is 0.500. The molecule has 1 unspecified atom stereocenters. The highest BCUT2D eigenvalue weighted by Crippen LogP contribution is 2.17. The molecule has 1 heterocycles. The van der Waals surface area contributed by atoms with Crippen LogP contribution in [0.1, 0.15) is 33.5 Å². The third-order valence-corrected chi connectivity index (χ3v) is 3.58. The summed E-state index contributed by atoms with van der Waals surface area (Å²) in [6.07, 6.45) is 3.28. The highest BCUT2D eigenvalue weighted by molar-refractivity contribution is 9.10. The first kappa shape index (κ1) is 13.6. The third kappa shape index (κ3) is 3.84. The Hall–Kier alpha value is -0.460. The van der Waals surface area contributed by atoms with E-state index in [0.717, 1.165) is 4.47 Å². The molecular formula is C10H14BrN3OS. The van der Waals surface area contributed by atoms with Crippen molar-refractivity contribution in [3.05, 3.63) is 22.7 Å². The van der Waals surface area contributed by atoms with Crippen molar-refractivity contribution in [1.82, 2.24) is 9.97 Å². The van der Waals surface area contributed by atoms with Gasteiger partial charge in [-0.3, -0.25) is 0 Å². The highest BCUT2D eigenvalue weighted by atomic mass is 79.9. The van der Waals surface area contributed by atoms with Crippen LogP contribution in [0.3, 0.4) is 0 Å². The van der Waals surface area contributed by atoms with E-state index in [-0.39, 0.29) is 4.75 Å². The van der Waals surface area contributed by atoms with Gasteiger partial charge in [-0.2, -0.15) is 0 Å². The van der Waals surface area contributed by atoms with Gasteiger partial charge in [0.05, 0.1) is 4.47 Å². The van der Waals surface area contributed by atoms with Crippen LogP contribution >= 0.6 is 15.9 Å². The average molecular weight is 304 g/mol. The summed E-state index contributed by atoms with van der Waals surface area (Å²) in [6.45, 7) is 7.39. The number of halogens is 1. The Labute approximate surface area is 107 Å². The summed E-state index contributed by atoms with van der Waals surface area (Å²) in [7, 11) is 0. The zero-order valence-electron chi connectivity index (χ0n) is 9.69. The maximum atomic E-state index is 11.8. The van der Waals surface area contributed by atoms with Crippen LogP contribution in [0.4, 0.5) is 0 Å². The Morgan fingerprint density at radius 1 is 1.38 bits per heavy atom. The molecular weight excluding hydrogens is 290 g/mol. The quantitative estimate of drug-likeness (QED) is 0.623.